The largest absolute Gasteiger partial charge is 0.339 e. The fourth-order valence-electron chi connectivity index (χ4n) is 3.10. The fraction of sp³-hybridized carbons (Fsp3) is 0.450. The Morgan fingerprint density at radius 3 is 2.31 bits per heavy atom. The topological polar surface area (TPSA) is 75.4 Å². The summed E-state index contributed by atoms with van der Waals surface area (Å²) in [4.78, 5) is 25.5. The van der Waals surface area contributed by atoms with Gasteiger partial charge in [-0.3, -0.25) is 4.79 Å². The summed E-state index contributed by atoms with van der Waals surface area (Å²) in [6.07, 6.45) is 3.70. The number of carbonyl (C=O) groups is 1. The Bertz CT molecular complexity index is 759. The van der Waals surface area contributed by atoms with Gasteiger partial charge in [0.15, 0.2) is 0 Å². The Morgan fingerprint density at radius 1 is 1.08 bits per heavy atom. The summed E-state index contributed by atoms with van der Waals surface area (Å²) < 4.78 is 0. The van der Waals surface area contributed by atoms with Crippen LogP contribution in [-0.4, -0.2) is 47.0 Å². The quantitative estimate of drug-likeness (QED) is 0.916. The highest BCUT2D eigenvalue weighted by Crippen LogP contribution is 2.22. The number of aromatic nitrogens is 2. The van der Waals surface area contributed by atoms with Gasteiger partial charge in [-0.2, -0.15) is 0 Å². The molecule has 6 heteroatoms. The van der Waals surface area contributed by atoms with Gasteiger partial charge in [0.05, 0.1) is 0 Å². The molecule has 1 aromatic carbocycles. The third kappa shape index (κ3) is 4.02. The van der Waals surface area contributed by atoms with Crippen LogP contribution in [0.25, 0.3) is 11.1 Å². The van der Waals surface area contributed by atoms with Crippen LogP contribution in [0, 0.1) is 5.41 Å². The van der Waals surface area contributed by atoms with Crippen LogP contribution in [0.4, 0.5) is 5.95 Å². The van der Waals surface area contributed by atoms with Crippen molar-refractivity contribution in [3.05, 3.63) is 42.2 Å². The van der Waals surface area contributed by atoms with Gasteiger partial charge >= 0.3 is 0 Å². The van der Waals surface area contributed by atoms with Gasteiger partial charge in [0.25, 0.3) is 0 Å². The van der Waals surface area contributed by atoms with E-state index in [1.807, 2.05) is 56.3 Å². The number of hydrogen-bond donors (Lipinski definition) is 1. The van der Waals surface area contributed by atoms with Gasteiger partial charge in [-0.15, -0.1) is 0 Å². The number of rotatable bonds is 3. The summed E-state index contributed by atoms with van der Waals surface area (Å²) in [5.74, 6) is 0.916. The number of carbonyl (C=O) groups excluding carboxylic acids is 1. The van der Waals surface area contributed by atoms with Crippen molar-refractivity contribution in [1.29, 1.82) is 0 Å². The first kappa shape index (κ1) is 18.3. The van der Waals surface area contributed by atoms with Gasteiger partial charge in [-0.1, -0.05) is 39.0 Å². The van der Waals surface area contributed by atoms with E-state index in [0.29, 0.717) is 25.6 Å². The van der Waals surface area contributed by atoms with E-state index < -0.39 is 0 Å². The Kier molecular flexibility index (Phi) is 5.23. The lowest BCUT2D eigenvalue weighted by atomic mass is 9.94. The van der Waals surface area contributed by atoms with Gasteiger partial charge in [0.2, 0.25) is 11.9 Å². The van der Waals surface area contributed by atoms with Crippen molar-refractivity contribution in [2.24, 2.45) is 11.1 Å². The zero-order valence-electron chi connectivity index (χ0n) is 15.8. The molecule has 1 fully saturated rings. The summed E-state index contributed by atoms with van der Waals surface area (Å²) >= 11 is 0. The second-order valence-electron chi connectivity index (χ2n) is 7.71. The van der Waals surface area contributed by atoms with Crippen LogP contribution < -0.4 is 10.6 Å². The number of benzene rings is 1. The average Bonchev–Trinajstić information content (AvgIpc) is 2.67. The number of piperazine rings is 1. The Hall–Kier alpha value is -2.47. The molecule has 1 aromatic heterocycles. The highest BCUT2D eigenvalue weighted by atomic mass is 16.2. The molecular formula is C20H27N5O. The monoisotopic (exact) mass is 353 g/mol. The Morgan fingerprint density at radius 2 is 1.73 bits per heavy atom. The van der Waals surface area contributed by atoms with E-state index >= 15 is 0 Å². The van der Waals surface area contributed by atoms with E-state index in [9.17, 15) is 4.79 Å². The van der Waals surface area contributed by atoms with Crippen LogP contribution in [0.1, 0.15) is 26.3 Å². The minimum absolute atomic E-state index is 0.202. The van der Waals surface area contributed by atoms with E-state index in [2.05, 4.69) is 20.9 Å². The second kappa shape index (κ2) is 7.41. The predicted octanol–water partition coefficient (Wildman–Crippen LogP) is 2.30. The van der Waals surface area contributed by atoms with Crippen LogP contribution in [0.2, 0.25) is 0 Å². The maximum Gasteiger partial charge on any atom is 0.228 e. The van der Waals surface area contributed by atoms with E-state index in [4.69, 9.17) is 5.73 Å². The third-order valence-electron chi connectivity index (χ3n) is 4.63. The first-order valence-corrected chi connectivity index (χ1v) is 9.04. The molecular weight excluding hydrogens is 326 g/mol. The number of nitrogens with two attached hydrogens (primary N) is 1. The highest BCUT2D eigenvalue weighted by Gasteiger charge is 2.30. The van der Waals surface area contributed by atoms with Crippen LogP contribution in [-0.2, 0) is 11.3 Å². The lowest BCUT2D eigenvalue weighted by Crippen LogP contribution is -2.52. The molecule has 1 saturated heterocycles. The molecule has 0 unspecified atom stereocenters. The van der Waals surface area contributed by atoms with Crippen LogP contribution in [0.15, 0.2) is 36.7 Å². The number of anilines is 1. The van der Waals surface area contributed by atoms with Crippen molar-refractivity contribution < 1.29 is 4.79 Å². The van der Waals surface area contributed by atoms with E-state index in [-0.39, 0.29) is 11.3 Å². The molecule has 0 bridgehead atoms. The standard InChI is InChI=1S/C20H27N5O/c1-20(2,3)18(26)24-7-9-25(10-8-24)19-22-13-17(14-23-19)16-6-4-5-15(11-16)12-21/h4-6,11,13-14H,7-10,12,21H2,1-3H3. The van der Waals surface area contributed by atoms with Gasteiger partial charge in [0.1, 0.15) is 0 Å². The molecule has 2 N–H and O–H groups in total. The van der Waals surface area contributed by atoms with Gasteiger partial charge < -0.3 is 15.5 Å². The minimum atomic E-state index is -0.335. The zero-order valence-corrected chi connectivity index (χ0v) is 15.8. The molecule has 0 saturated carbocycles. The zero-order chi connectivity index (χ0) is 18.7. The average molecular weight is 353 g/mol. The lowest BCUT2D eigenvalue weighted by Gasteiger charge is -2.37. The molecule has 138 valence electrons. The van der Waals surface area contributed by atoms with Crippen molar-refractivity contribution in [1.82, 2.24) is 14.9 Å². The number of hydrogen-bond acceptors (Lipinski definition) is 5. The number of amides is 1. The smallest absolute Gasteiger partial charge is 0.228 e. The van der Waals surface area contributed by atoms with Crippen LogP contribution >= 0.6 is 0 Å². The third-order valence-corrected chi connectivity index (χ3v) is 4.63. The molecule has 0 aliphatic carbocycles. The summed E-state index contributed by atoms with van der Waals surface area (Å²) in [5, 5.41) is 0. The molecule has 3 rings (SSSR count). The Labute approximate surface area is 155 Å². The molecule has 6 nitrogen and oxygen atoms in total. The van der Waals surface area contributed by atoms with Gasteiger partial charge in [0, 0.05) is 56.1 Å². The predicted molar refractivity (Wildman–Crippen MR) is 104 cm³/mol. The molecule has 2 aromatic rings. The minimum Gasteiger partial charge on any atom is -0.339 e. The lowest BCUT2D eigenvalue weighted by molar-refractivity contribution is -0.139. The maximum absolute atomic E-state index is 12.4. The SMILES string of the molecule is CC(C)(C)C(=O)N1CCN(c2ncc(-c3cccc(CN)c3)cn2)CC1. The summed E-state index contributed by atoms with van der Waals surface area (Å²) in [5.41, 5.74) is 8.51. The van der Waals surface area contributed by atoms with Gasteiger partial charge in [-0.25, -0.2) is 9.97 Å². The van der Waals surface area contributed by atoms with Crippen molar-refractivity contribution >= 4 is 11.9 Å². The molecule has 2 heterocycles. The van der Waals surface area contributed by atoms with Crippen molar-refractivity contribution in [2.45, 2.75) is 27.3 Å². The molecule has 1 aliphatic rings. The second-order valence-corrected chi connectivity index (χ2v) is 7.71. The van der Waals surface area contributed by atoms with E-state index in [0.717, 1.165) is 29.8 Å². The van der Waals surface area contributed by atoms with Crippen molar-refractivity contribution in [3.8, 4) is 11.1 Å². The molecule has 26 heavy (non-hydrogen) atoms. The van der Waals surface area contributed by atoms with Crippen molar-refractivity contribution in [3.63, 3.8) is 0 Å². The summed E-state index contributed by atoms with van der Waals surface area (Å²) in [6.45, 7) is 9.33. The molecule has 1 amide bonds. The van der Waals surface area contributed by atoms with E-state index in [1.54, 1.807) is 0 Å². The van der Waals surface area contributed by atoms with E-state index in [1.165, 1.54) is 0 Å². The van der Waals surface area contributed by atoms with Gasteiger partial charge in [-0.05, 0) is 17.2 Å². The Balaban J connectivity index is 1.66. The van der Waals surface area contributed by atoms with Crippen molar-refractivity contribution in [2.75, 3.05) is 31.1 Å². The molecule has 1 aliphatic heterocycles. The molecule has 0 radical (unpaired) electrons. The van der Waals surface area contributed by atoms with Crippen LogP contribution in [0.5, 0.6) is 0 Å². The maximum atomic E-state index is 12.4. The summed E-state index contributed by atoms with van der Waals surface area (Å²) in [7, 11) is 0. The first-order valence-electron chi connectivity index (χ1n) is 9.04. The summed E-state index contributed by atoms with van der Waals surface area (Å²) in [6, 6.07) is 8.11. The normalized spacial score (nSPS) is 15.2. The fourth-order valence-corrected chi connectivity index (χ4v) is 3.10. The highest BCUT2D eigenvalue weighted by molar-refractivity contribution is 5.81. The van der Waals surface area contributed by atoms with Crippen LogP contribution in [0.3, 0.4) is 0 Å². The first-order chi connectivity index (χ1) is 12.4. The molecule has 0 atom stereocenters. The number of nitrogens with zero attached hydrogens (tertiary/aromatic N) is 4. The molecule has 0 spiro atoms.